The van der Waals surface area contributed by atoms with Crippen LogP contribution in [0.5, 0.6) is 0 Å². The first-order valence-electron chi connectivity index (χ1n) is 8.18. The van der Waals surface area contributed by atoms with Crippen molar-refractivity contribution in [1.82, 2.24) is 9.88 Å². The molecule has 2 heterocycles. The van der Waals surface area contributed by atoms with Crippen molar-refractivity contribution in [3.05, 3.63) is 40.5 Å². The molecule has 1 aliphatic carbocycles. The van der Waals surface area contributed by atoms with E-state index in [9.17, 15) is 14.7 Å². The minimum Gasteiger partial charge on any atom is -0.480 e. The molecule has 1 saturated carbocycles. The number of carboxylic acid groups (broad SMARTS) is 1. The fraction of sp³-hybridized carbons (Fsp3) is 0.389. The second-order valence-electron chi connectivity index (χ2n) is 6.53. The normalized spacial score (nSPS) is 20.5. The average Bonchev–Trinajstić information content (AvgIpc) is 3.29. The summed E-state index contributed by atoms with van der Waals surface area (Å²) in [6.07, 6.45) is 3.38. The first-order chi connectivity index (χ1) is 11.5. The molecular formula is C18H17ClN2O3. The summed E-state index contributed by atoms with van der Waals surface area (Å²) in [5.41, 5.74) is 2.16. The SMILES string of the molecule is O=C(O)[C@@H]1CCCN1C(=O)c1cc(C2CC2)nc2ccc(Cl)cc12. The predicted octanol–water partition coefficient (Wildman–Crippen LogP) is 3.45. The van der Waals surface area contributed by atoms with Crippen molar-refractivity contribution < 1.29 is 14.7 Å². The molecule has 5 nitrogen and oxygen atoms in total. The molecule has 0 radical (unpaired) electrons. The maximum atomic E-state index is 13.1. The molecule has 24 heavy (non-hydrogen) atoms. The Morgan fingerprint density at radius 1 is 1.21 bits per heavy atom. The first-order valence-corrected chi connectivity index (χ1v) is 8.56. The molecule has 0 bridgehead atoms. The Kier molecular flexibility index (Phi) is 3.68. The summed E-state index contributed by atoms with van der Waals surface area (Å²) in [6.45, 7) is 0.471. The number of nitrogens with zero attached hydrogens (tertiary/aromatic N) is 2. The van der Waals surface area contributed by atoms with Crippen LogP contribution in [0.25, 0.3) is 10.9 Å². The van der Waals surface area contributed by atoms with E-state index in [0.717, 1.165) is 24.1 Å². The van der Waals surface area contributed by atoms with Crippen LogP contribution in [-0.4, -0.2) is 39.5 Å². The topological polar surface area (TPSA) is 70.5 Å². The number of hydrogen-bond donors (Lipinski definition) is 1. The first kappa shape index (κ1) is 15.4. The number of amides is 1. The molecule has 1 aromatic heterocycles. The summed E-state index contributed by atoms with van der Waals surface area (Å²) >= 11 is 6.10. The van der Waals surface area contributed by atoms with Crippen molar-refractivity contribution in [1.29, 1.82) is 0 Å². The fourth-order valence-corrected chi connectivity index (χ4v) is 3.58. The quantitative estimate of drug-likeness (QED) is 0.925. The maximum absolute atomic E-state index is 13.1. The lowest BCUT2D eigenvalue weighted by molar-refractivity contribution is -0.141. The Bertz CT molecular complexity index is 848. The summed E-state index contributed by atoms with van der Waals surface area (Å²) < 4.78 is 0. The van der Waals surface area contributed by atoms with Crippen molar-refractivity contribution in [2.75, 3.05) is 6.54 Å². The molecule has 0 unspecified atom stereocenters. The van der Waals surface area contributed by atoms with Gasteiger partial charge in [0.25, 0.3) is 5.91 Å². The van der Waals surface area contributed by atoms with E-state index in [4.69, 9.17) is 11.6 Å². The lowest BCUT2D eigenvalue weighted by Gasteiger charge is -2.22. The van der Waals surface area contributed by atoms with Crippen LogP contribution >= 0.6 is 11.6 Å². The van der Waals surface area contributed by atoms with Crippen molar-refractivity contribution in [3.63, 3.8) is 0 Å². The lowest BCUT2D eigenvalue weighted by atomic mass is 10.0. The summed E-state index contributed by atoms with van der Waals surface area (Å²) in [6, 6.07) is 6.40. The van der Waals surface area contributed by atoms with E-state index < -0.39 is 12.0 Å². The zero-order valence-corrected chi connectivity index (χ0v) is 13.8. The number of aliphatic carboxylic acids is 1. The van der Waals surface area contributed by atoms with E-state index in [-0.39, 0.29) is 5.91 Å². The van der Waals surface area contributed by atoms with Crippen LogP contribution in [0.3, 0.4) is 0 Å². The van der Waals surface area contributed by atoms with E-state index in [1.807, 2.05) is 12.1 Å². The summed E-state index contributed by atoms with van der Waals surface area (Å²) in [4.78, 5) is 30.6. The summed E-state index contributed by atoms with van der Waals surface area (Å²) in [5, 5.41) is 10.6. The van der Waals surface area contributed by atoms with Crippen LogP contribution < -0.4 is 0 Å². The number of aromatic nitrogens is 1. The zero-order chi connectivity index (χ0) is 16.8. The van der Waals surface area contributed by atoms with Gasteiger partial charge in [-0.05, 0) is 49.9 Å². The van der Waals surface area contributed by atoms with Gasteiger partial charge in [-0.1, -0.05) is 11.6 Å². The van der Waals surface area contributed by atoms with Gasteiger partial charge in [-0.25, -0.2) is 4.79 Å². The Labute approximate surface area is 144 Å². The smallest absolute Gasteiger partial charge is 0.326 e. The summed E-state index contributed by atoms with van der Waals surface area (Å²) in [5.74, 6) is -0.776. The van der Waals surface area contributed by atoms with E-state index in [2.05, 4.69) is 4.98 Å². The molecule has 2 aromatic rings. The number of fused-ring (bicyclic) bond motifs is 1. The zero-order valence-electron chi connectivity index (χ0n) is 13.0. The number of halogens is 1. The molecule has 2 aliphatic rings. The monoisotopic (exact) mass is 344 g/mol. The number of pyridine rings is 1. The van der Waals surface area contributed by atoms with Crippen LogP contribution in [0.1, 0.15) is 47.7 Å². The molecule has 1 N–H and O–H groups in total. The highest BCUT2D eigenvalue weighted by Crippen LogP contribution is 2.40. The van der Waals surface area contributed by atoms with Gasteiger partial charge in [0.1, 0.15) is 6.04 Å². The number of likely N-dealkylation sites (tertiary alicyclic amines) is 1. The van der Waals surface area contributed by atoms with Crippen molar-refractivity contribution in [2.24, 2.45) is 0 Å². The summed E-state index contributed by atoms with van der Waals surface area (Å²) in [7, 11) is 0. The van der Waals surface area contributed by atoms with Gasteiger partial charge in [0.15, 0.2) is 0 Å². The van der Waals surface area contributed by atoms with Crippen LogP contribution in [0.2, 0.25) is 5.02 Å². The van der Waals surface area contributed by atoms with Gasteiger partial charge >= 0.3 is 5.97 Å². The van der Waals surface area contributed by atoms with Crippen LogP contribution in [-0.2, 0) is 4.79 Å². The highest BCUT2D eigenvalue weighted by molar-refractivity contribution is 6.31. The Balaban J connectivity index is 1.83. The minimum absolute atomic E-state index is 0.239. The van der Waals surface area contributed by atoms with Gasteiger partial charge in [0, 0.05) is 28.6 Å². The van der Waals surface area contributed by atoms with E-state index in [1.54, 1.807) is 12.1 Å². The molecule has 0 spiro atoms. The molecule has 6 heteroatoms. The van der Waals surface area contributed by atoms with Crippen molar-refractivity contribution >= 4 is 34.4 Å². The number of carbonyl (C=O) groups excluding carboxylic acids is 1. The van der Waals surface area contributed by atoms with Crippen LogP contribution in [0, 0.1) is 0 Å². The molecule has 1 atom stereocenters. The second kappa shape index (κ2) is 5.74. The number of benzene rings is 1. The molecule has 4 rings (SSSR count). The highest BCUT2D eigenvalue weighted by Gasteiger charge is 2.36. The molecular weight excluding hydrogens is 328 g/mol. The standard InChI is InChI=1S/C18H17ClN2O3/c19-11-5-6-14-12(8-11)13(9-15(20-14)10-3-4-10)17(22)21-7-1-2-16(21)18(23)24/h5-6,8-10,16H,1-4,7H2,(H,23,24)/t16-/m0/s1. The van der Waals surface area contributed by atoms with E-state index >= 15 is 0 Å². The van der Waals surface area contributed by atoms with Crippen LogP contribution in [0.4, 0.5) is 0 Å². The number of hydrogen-bond acceptors (Lipinski definition) is 3. The molecule has 2 fully saturated rings. The second-order valence-corrected chi connectivity index (χ2v) is 6.96. The number of rotatable bonds is 3. The van der Waals surface area contributed by atoms with Gasteiger partial charge in [0.05, 0.1) is 11.1 Å². The third-order valence-electron chi connectivity index (χ3n) is 4.82. The molecule has 124 valence electrons. The van der Waals surface area contributed by atoms with Gasteiger partial charge in [-0.3, -0.25) is 9.78 Å². The Hall–Kier alpha value is -2.14. The fourth-order valence-electron chi connectivity index (χ4n) is 3.40. The van der Waals surface area contributed by atoms with Crippen molar-refractivity contribution in [3.8, 4) is 0 Å². The largest absolute Gasteiger partial charge is 0.480 e. The van der Waals surface area contributed by atoms with E-state index in [0.29, 0.717) is 41.3 Å². The molecule has 1 aromatic carbocycles. The maximum Gasteiger partial charge on any atom is 0.326 e. The lowest BCUT2D eigenvalue weighted by Crippen LogP contribution is -2.40. The third kappa shape index (κ3) is 2.63. The molecule has 1 amide bonds. The predicted molar refractivity (Wildman–Crippen MR) is 90.4 cm³/mol. The minimum atomic E-state index is -0.945. The number of carboxylic acids is 1. The number of carbonyl (C=O) groups is 2. The van der Waals surface area contributed by atoms with Gasteiger partial charge in [0.2, 0.25) is 0 Å². The van der Waals surface area contributed by atoms with Gasteiger partial charge in [-0.2, -0.15) is 0 Å². The molecule has 1 aliphatic heterocycles. The van der Waals surface area contributed by atoms with Crippen molar-refractivity contribution in [2.45, 2.75) is 37.6 Å². The van der Waals surface area contributed by atoms with Gasteiger partial charge < -0.3 is 10.0 Å². The van der Waals surface area contributed by atoms with E-state index in [1.165, 1.54) is 4.90 Å². The van der Waals surface area contributed by atoms with Gasteiger partial charge in [-0.15, -0.1) is 0 Å². The Morgan fingerprint density at radius 3 is 2.71 bits per heavy atom. The van der Waals surface area contributed by atoms with Crippen LogP contribution in [0.15, 0.2) is 24.3 Å². The molecule has 1 saturated heterocycles. The average molecular weight is 345 g/mol. The Morgan fingerprint density at radius 2 is 2.00 bits per heavy atom. The highest BCUT2D eigenvalue weighted by atomic mass is 35.5. The third-order valence-corrected chi connectivity index (χ3v) is 5.05.